The molecule has 1 fully saturated rings. The van der Waals surface area contributed by atoms with Crippen molar-refractivity contribution in [3.05, 3.63) is 47.3 Å². The number of amides is 2. The SMILES string of the molecule is CCc1ccccc1NC(=O)C[NH+]1CCN(C(=O)CSc2nc(C)cc(C)n2)CC1. The molecule has 2 N–H and O–H groups in total. The molecule has 8 heteroatoms. The van der Waals surface area contributed by atoms with Gasteiger partial charge in [-0.25, -0.2) is 9.97 Å². The van der Waals surface area contributed by atoms with E-state index in [0.717, 1.165) is 42.1 Å². The quantitative estimate of drug-likeness (QED) is 0.510. The molecule has 1 aromatic heterocycles. The van der Waals surface area contributed by atoms with Crippen LogP contribution in [0, 0.1) is 13.8 Å². The van der Waals surface area contributed by atoms with Gasteiger partial charge in [0.05, 0.1) is 31.9 Å². The van der Waals surface area contributed by atoms with E-state index >= 15 is 0 Å². The van der Waals surface area contributed by atoms with Crippen LogP contribution in [0.4, 0.5) is 5.69 Å². The molecule has 1 saturated heterocycles. The molecule has 2 amide bonds. The number of benzene rings is 1. The zero-order valence-electron chi connectivity index (χ0n) is 17.9. The Morgan fingerprint density at radius 1 is 1.13 bits per heavy atom. The Kier molecular flexibility index (Phi) is 7.81. The van der Waals surface area contributed by atoms with Gasteiger partial charge in [-0.15, -0.1) is 0 Å². The summed E-state index contributed by atoms with van der Waals surface area (Å²) in [4.78, 5) is 36.8. The fourth-order valence-corrected chi connectivity index (χ4v) is 4.45. The van der Waals surface area contributed by atoms with Crippen molar-refractivity contribution in [2.75, 3.05) is 43.8 Å². The smallest absolute Gasteiger partial charge is 0.279 e. The van der Waals surface area contributed by atoms with Crippen molar-refractivity contribution in [2.45, 2.75) is 32.3 Å². The molecule has 2 aromatic rings. The number of hydrogen-bond donors (Lipinski definition) is 2. The van der Waals surface area contributed by atoms with Gasteiger partial charge in [0.2, 0.25) is 5.91 Å². The second-order valence-corrected chi connectivity index (χ2v) is 8.53. The molecule has 7 nitrogen and oxygen atoms in total. The number of nitrogens with one attached hydrogen (secondary N) is 2. The second-order valence-electron chi connectivity index (χ2n) is 7.59. The summed E-state index contributed by atoms with van der Waals surface area (Å²) in [5, 5.41) is 3.68. The van der Waals surface area contributed by atoms with Crippen LogP contribution >= 0.6 is 11.8 Å². The Balaban J connectivity index is 1.42. The number of para-hydroxylation sites is 1. The summed E-state index contributed by atoms with van der Waals surface area (Å²) >= 11 is 1.38. The predicted octanol–water partition coefficient (Wildman–Crippen LogP) is 1.11. The maximum Gasteiger partial charge on any atom is 0.279 e. The number of aryl methyl sites for hydroxylation is 3. The Morgan fingerprint density at radius 3 is 2.47 bits per heavy atom. The summed E-state index contributed by atoms with van der Waals surface area (Å²) in [7, 11) is 0. The van der Waals surface area contributed by atoms with Gasteiger partial charge in [0, 0.05) is 17.1 Å². The summed E-state index contributed by atoms with van der Waals surface area (Å²) in [5.41, 5.74) is 3.86. The standard InChI is InChI=1S/C22H29N5O2S/c1-4-18-7-5-6-8-19(18)25-20(28)14-26-9-11-27(12-10-26)21(29)15-30-22-23-16(2)13-17(3)24-22/h5-8,13H,4,9-12,14-15H2,1-3H3,(H,25,28)/p+1. The van der Waals surface area contributed by atoms with Crippen LogP contribution in [-0.2, 0) is 16.0 Å². The highest BCUT2D eigenvalue weighted by Gasteiger charge is 2.25. The first kappa shape index (κ1) is 22.2. The normalized spacial score (nSPS) is 14.6. The Morgan fingerprint density at radius 2 is 1.80 bits per heavy atom. The number of carbonyl (C=O) groups is 2. The van der Waals surface area contributed by atoms with E-state index in [1.54, 1.807) is 0 Å². The Labute approximate surface area is 182 Å². The van der Waals surface area contributed by atoms with Crippen LogP contribution in [0.5, 0.6) is 0 Å². The maximum atomic E-state index is 12.5. The van der Waals surface area contributed by atoms with Crippen molar-refractivity contribution in [1.29, 1.82) is 0 Å². The average Bonchev–Trinajstić information content (AvgIpc) is 2.72. The lowest BCUT2D eigenvalue weighted by atomic mass is 10.1. The summed E-state index contributed by atoms with van der Waals surface area (Å²) in [6, 6.07) is 9.83. The number of carbonyl (C=O) groups excluding carboxylic acids is 2. The highest BCUT2D eigenvalue weighted by Crippen LogP contribution is 2.16. The van der Waals surface area contributed by atoms with E-state index in [0.29, 0.717) is 30.5 Å². The van der Waals surface area contributed by atoms with Crippen LogP contribution in [0.3, 0.4) is 0 Å². The molecule has 160 valence electrons. The van der Waals surface area contributed by atoms with Gasteiger partial charge in [0.1, 0.15) is 0 Å². The lowest BCUT2D eigenvalue weighted by Gasteiger charge is -2.31. The zero-order valence-corrected chi connectivity index (χ0v) is 18.7. The van der Waals surface area contributed by atoms with Crippen LogP contribution in [0.25, 0.3) is 0 Å². The third-order valence-corrected chi connectivity index (χ3v) is 6.02. The highest BCUT2D eigenvalue weighted by molar-refractivity contribution is 7.99. The van der Waals surface area contributed by atoms with Crippen molar-refractivity contribution in [3.63, 3.8) is 0 Å². The van der Waals surface area contributed by atoms with Crippen LogP contribution in [0.15, 0.2) is 35.5 Å². The minimum atomic E-state index is 0.0215. The van der Waals surface area contributed by atoms with E-state index in [4.69, 9.17) is 0 Å². The molecule has 0 aliphatic carbocycles. The molecule has 0 atom stereocenters. The third kappa shape index (κ3) is 6.27. The van der Waals surface area contributed by atoms with Crippen molar-refractivity contribution >= 4 is 29.3 Å². The molecule has 30 heavy (non-hydrogen) atoms. The van der Waals surface area contributed by atoms with E-state index in [-0.39, 0.29) is 11.8 Å². The molecule has 3 rings (SSSR count). The van der Waals surface area contributed by atoms with Crippen LogP contribution in [0.2, 0.25) is 0 Å². The first-order valence-electron chi connectivity index (χ1n) is 10.4. The van der Waals surface area contributed by atoms with Gasteiger partial charge in [-0.05, 0) is 38.0 Å². The topological polar surface area (TPSA) is 79.6 Å². The summed E-state index contributed by atoms with van der Waals surface area (Å²) < 4.78 is 0. The number of aromatic nitrogens is 2. The Hall–Kier alpha value is -2.45. The predicted molar refractivity (Wildman–Crippen MR) is 119 cm³/mol. The van der Waals surface area contributed by atoms with Crippen molar-refractivity contribution < 1.29 is 14.5 Å². The first-order chi connectivity index (χ1) is 14.4. The van der Waals surface area contributed by atoms with Crippen LogP contribution in [-0.4, -0.2) is 65.2 Å². The van der Waals surface area contributed by atoms with E-state index in [1.165, 1.54) is 16.7 Å². The second kappa shape index (κ2) is 10.5. The number of nitrogens with zero attached hydrogens (tertiary/aromatic N) is 3. The number of piperazine rings is 1. The van der Waals surface area contributed by atoms with Gasteiger partial charge in [0.25, 0.3) is 5.91 Å². The molecule has 0 saturated carbocycles. The molecule has 0 unspecified atom stereocenters. The zero-order chi connectivity index (χ0) is 21.5. The maximum absolute atomic E-state index is 12.5. The molecule has 2 heterocycles. The fourth-order valence-electron chi connectivity index (χ4n) is 3.60. The number of rotatable bonds is 7. The molecule has 0 spiro atoms. The van der Waals surface area contributed by atoms with E-state index in [9.17, 15) is 9.59 Å². The molecular formula is C22H30N5O2S+. The molecule has 0 bridgehead atoms. The molecular weight excluding hydrogens is 398 g/mol. The van der Waals surface area contributed by atoms with Gasteiger partial charge in [-0.3, -0.25) is 9.59 Å². The van der Waals surface area contributed by atoms with Crippen LogP contribution < -0.4 is 10.2 Å². The van der Waals surface area contributed by atoms with Gasteiger partial charge < -0.3 is 15.1 Å². The number of thioether (sulfide) groups is 1. The molecule has 0 radical (unpaired) electrons. The van der Waals surface area contributed by atoms with E-state index in [2.05, 4.69) is 22.2 Å². The summed E-state index contributed by atoms with van der Waals surface area (Å²) in [6.07, 6.45) is 0.884. The van der Waals surface area contributed by atoms with Crippen molar-refractivity contribution in [3.8, 4) is 0 Å². The average molecular weight is 429 g/mol. The van der Waals surface area contributed by atoms with Gasteiger partial charge in [-0.1, -0.05) is 36.9 Å². The number of hydrogen-bond acceptors (Lipinski definition) is 5. The highest BCUT2D eigenvalue weighted by atomic mass is 32.2. The Bertz CT molecular complexity index is 877. The van der Waals surface area contributed by atoms with Gasteiger partial charge in [0.15, 0.2) is 11.7 Å². The lowest BCUT2D eigenvalue weighted by molar-refractivity contribution is -0.895. The van der Waals surface area contributed by atoms with E-state index in [1.807, 2.05) is 49.1 Å². The molecule has 1 aliphatic heterocycles. The number of anilines is 1. The molecule has 1 aromatic carbocycles. The molecule has 1 aliphatic rings. The fraction of sp³-hybridized carbons (Fsp3) is 0.455. The van der Waals surface area contributed by atoms with E-state index < -0.39 is 0 Å². The van der Waals surface area contributed by atoms with Crippen LogP contribution in [0.1, 0.15) is 23.9 Å². The van der Waals surface area contributed by atoms with Gasteiger partial charge in [-0.2, -0.15) is 0 Å². The van der Waals surface area contributed by atoms with Gasteiger partial charge >= 0.3 is 0 Å². The summed E-state index contributed by atoms with van der Waals surface area (Å²) in [6.45, 7) is 9.25. The minimum Gasteiger partial charge on any atom is -0.331 e. The first-order valence-corrected chi connectivity index (χ1v) is 11.4. The monoisotopic (exact) mass is 428 g/mol. The minimum absolute atomic E-state index is 0.0215. The lowest BCUT2D eigenvalue weighted by Crippen LogP contribution is -3.15. The third-order valence-electron chi connectivity index (χ3n) is 5.19. The largest absolute Gasteiger partial charge is 0.331 e. The summed E-state index contributed by atoms with van der Waals surface area (Å²) in [5.74, 6) is 0.461. The van der Waals surface area contributed by atoms with Crippen molar-refractivity contribution in [1.82, 2.24) is 14.9 Å². The number of quaternary nitrogens is 1. The van der Waals surface area contributed by atoms with Crippen molar-refractivity contribution in [2.24, 2.45) is 0 Å².